The minimum atomic E-state index is -2.74. The van der Waals surface area contributed by atoms with E-state index in [1.54, 1.807) is 0 Å². The van der Waals surface area contributed by atoms with Crippen molar-refractivity contribution in [2.45, 2.75) is 59.1 Å². The Morgan fingerprint density at radius 2 is 1.55 bits per heavy atom. The number of aryl methyl sites for hydroxylation is 1. The average Bonchev–Trinajstić information content (AvgIpc) is 3.21. The van der Waals surface area contributed by atoms with Gasteiger partial charge >= 0.3 is 17.9 Å². The van der Waals surface area contributed by atoms with E-state index in [0.29, 0.717) is 6.61 Å². The van der Waals surface area contributed by atoms with Crippen LogP contribution in [0.1, 0.15) is 50.6 Å². The summed E-state index contributed by atoms with van der Waals surface area (Å²) in [4.78, 5) is 37.9. The lowest BCUT2D eigenvalue weighted by Crippen LogP contribution is -2.42. The van der Waals surface area contributed by atoms with Crippen molar-refractivity contribution in [3.8, 4) is 5.75 Å². The first kappa shape index (κ1) is 32.3. The number of ether oxygens (including phenoxy) is 1. The Labute approximate surface area is 233 Å². The third-order valence-corrected chi connectivity index (χ3v) is 6.40. The molecule has 11 heteroatoms. The molecule has 0 aliphatic carbocycles. The number of carbonyl (C=O) groups is 3. The van der Waals surface area contributed by atoms with Crippen molar-refractivity contribution in [2.24, 2.45) is 0 Å². The lowest BCUT2D eigenvalue weighted by molar-refractivity contribution is -0.170. The fraction of sp³-hybridized carbons (Fsp3) is 0.448. The third kappa shape index (κ3) is 9.35. The maximum atomic E-state index is 10.3. The Morgan fingerprint density at radius 1 is 0.950 bits per heavy atom. The first-order valence-corrected chi connectivity index (χ1v) is 13.2. The highest BCUT2D eigenvalue weighted by Gasteiger charge is 2.40. The van der Waals surface area contributed by atoms with Crippen LogP contribution >= 0.6 is 0 Å². The van der Waals surface area contributed by atoms with Crippen molar-refractivity contribution in [3.63, 3.8) is 0 Å². The van der Waals surface area contributed by atoms with Crippen LogP contribution in [0.2, 0.25) is 0 Å². The van der Waals surface area contributed by atoms with E-state index in [1.165, 1.54) is 16.6 Å². The van der Waals surface area contributed by atoms with Crippen LogP contribution < -0.4 is 4.74 Å². The topological polar surface area (TPSA) is 162 Å². The number of fused-ring (bicyclic) bond motifs is 1. The van der Waals surface area contributed by atoms with Gasteiger partial charge in [0.2, 0.25) is 0 Å². The van der Waals surface area contributed by atoms with Gasteiger partial charge in [-0.1, -0.05) is 32.0 Å². The van der Waals surface area contributed by atoms with Gasteiger partial charge in [0.05, 0.1) is 30.5 Å². The molecule has 1 heterocycles. The molecule has 0 unspecified atom stereocenters. The van der Waals surface area contributed by atoms with E-state index < -0.39 is 36.4 Å². The highest BCUT2D eigenvalue weighted by molar-refractivity contribution is 5.88. The summed E-state index contributed by atoms with van der Waals surface area (Å²) in [5.74, 6) is -2.96. The van der Waals surface area contributed by atoms with E-state index in [2.05, 4.69) is 60.6 Å². The molecular formula is C29H39N3O8. The maximum Gasteiger partial charge on any atom is 0.336 e. The number of imidazole rings is 1. The Kier molecular flexibility index (Phi) is 12.1. The summed E-state index contributed by atoms with van der Waals surface area (Å²) < 4.78 is 7.96. The SMILES string of the molecule is CCOc1ccc(Cc2nc3ccc(C)cc3n2CCN(CC)CC)cc1.O=C(O)CC(O)(CC(=O)O)C(=O)O. The van der Waals surface area contributed by atoms with Gasteiger partial charge in [-0.05, 0) is 62.3 Å². The lowest BCUT2D eigenvalue weighted by Gasteiger charge is -2.19. The predicted molar refractivity (Wildman–Crippen MR) is 150 cm³/mol. The molecule has 0 aliphatic rings. The van der Waals surface area contributed by atoms with E-state index in [0.717, 1.165) is 49.7 Å². The molecule has 2 aromatic carbocycles. The summed E-state index contributed by atoms with van der Waals surface area (Å²) in [6, 6.07) is 14.9. The smallest absolute Gasteiger partial charge is 0.336 e. The van der Waals surface area contributed by atoms with E-state index in [-0.39, 0.29) is 0 Å². The molecule has 218 valence electrons. The quantitative estimate of drug-likeness (QED) is 0.231. The Morgan fingerprint density at radius 3 is 2.05 bits per heavy atom. The van der Waals surface area contributed by atoms with Gasteiger partial charge in [0.15, 0.2) is 5.60 Å². The fourth-order valence-corrected chi connectivity index (χ4v) is 4.22. The number of nitrogens with zero attached hydrogens (tertiary/aromatic N) is 3. The van der Waals surface area contributed by atoms with Crippen LogP contribution in [0.5, 0.6) is 5.75 Å². The molecule has 3 aromatic rings. The normalized spacial score (nSPS) is 11.2. The first-order valence-electron chi connectivity index (χ1n) is 13.2. The van der Waals surface area contributed by atoms with Gasteiger partial charge < -0.3 is 34.6 Å². The molecular weight excluding hydrogens is 518 g/mol. The molecule has 0 aliphatic heterocycles. The zero-order chi connectivity index (χ0) is 29.9. The minimum absolute atomic E-state index is 0.694. The second-order valence-electron chi connectivity index (χ2n) is 9.43. The van der Waals surface area contributed by atoms with Gasteiger partial charge in [-0.15, -0.1) is 0 Å². The summed E-state index contributed by atoms with van der Waals surface area (Å²) in [5, 5.41) is 33.8. The zero-order valence-electron chi connectivity index (χ0n) is 23.5. The summed E-state index contributed by atoms with van der Waals surface area (Å²) in [6.07, 6.45) is -1.46. The van der Waals surface area contributed by atoms with Crippen LogP contribution in [0.15, 0.2) is 42.5 Å². The van der Waals surface area contributed by atoms with E-state index >= 15 is 0 Å². The molecule has 0 saturated heterocycles. The van der Waals surface area contributed by atoms with Crippen molar-refractivity contribution < 1.29 is 39.5 Å². The van der Waals surface area contributed by atoms with Gasteiger partial charge in [-0.3, -0.25) is 9.59 Å². The zero-order valence-corrected chi connectivity index (χ0v) is 23.5. The van der Waals surface area contributed by atoms with Crippen LogP contribution in [0.25, 0.3) is 11.0 Å². The third-order valence-electron chi connectivity index (χ3n) is 6.40. The largest absolute Gasteiger partial charge is 0.494 e. The van der Waals surface area contributed by atoms with Crippen molar-refractivity contribution in [1.82, 2.24) is 14.5 Å². The van der Waals surface area contributed by atoms with E-state index in [4.69, 9.17) is 30.1 Å². The Bertz CT molecular complexity index is 1270. The fourth-order valence-electron chi connectivity index (χ4n) is 4.22. The van der Waals surface area contributed by atoms with Gasteiger partial charge in [0, 0.05) is 19.5 Å². The molecule has 11 nitrogen and oxygen atoms in total. The number of aliphatic hydroxyl groups is 1. The second kappa shape index (κ2) is 15.0. The molecule has 0 radical (unpaired) electrons. The van der Waals surface area contributed by atoms with Gasteiger partial charge in [0.25, 0.3) is 0 Å². The van der Waals surface area contributed by atoms with Crippen molar-refractivity contribution >= 4 is 28.9 Å². The molecule has 0 fully saturated rings. The highest BCUT2D eigenvalue weighted by atomic mass is 16.5. The van der Waals surface area contributed by atoms with E-state index in [1.807, 2.05) is 19.1 Å². The first-order chi connectivity index (χ1) is 18.9. The number of carboxylic acids is 3. The van der Waals surface area contributed by atoms with Crippen LogP contribution in [0.4, 0.5) is 0 Å². The summed E-state index contributed by atoms with van der Waals surface area (Å²) in [6.45, 7) is 13.5. The minimum Gasteiger partial charge on any atom is -0.494 e. The number of hydrogen-bond donors (Lipinski definition) is 4. The molecule has 40 heavy (non-hydrogen) atoms. The van der Waals surface area contributed by atoms with Crippen molar-refractivity contribution in [2.75, 3.05) is 26.2 Å². The van der Waals surface area contributed by atoms with Crippen LogP contribution in [-0.4, -0.2) is 84.6 Å². The molecule has 0 bridgehead atoms. The molecule has 3 rings (SSSR count). The standard InChI is InChI=1S/C23H31N3O.C6H8O7/c1-5-25(6-2)14-15-26-22-16-18(4)8-13-21(22)24-23(26)17-19-9-11-20(12-10-19)27-7-3;7-3(8)1-6(13,5(11)12)2-4(9)10/h8-13,16H,5-7,14-15,17H2,1-4H3;13H,1-2H2,(H,7,8)(H,9,10)(H,11,12). The number of hydrogen-bond acceptors (Lipinski definition) is 7. The number of benzene rings is 2. The Balaban J connectivity index is 0.000000366. The number of aromatic nitrogens is 2. The summed E-state index contributed by atoms with van der Waals surface area (Å²) >= 11 is 0. The number of carboxylic acid groups (broad SMARTS) is 3. The monoisotopic (exact) mass is 557 g/mol. The highest BCUT2D eigenvalue weighted by Crippen LogP contribution is 2.22. The number of rotatable bonds is 14. The second-order valence-corrected chi connectivity index (χ2v) is 9.43. The summed E-state index contributed by atoms with van der Waals surface area (Å²) in [7, 11) is 0. The van der Waals surface area contributed by atoms with Gasteiger partial charge in [-0.2, -0.15) is 0 Å². The van der Waals surface area contributed by atoms with Crippen LogP contribution in [0, 0.1) is 6.92 Å². The number of aliphatic carboxylic acids is 3. The molecule has 0 saturated carbocycles. The summed E-state index contributed by atoms with van der Waals surface area (Å²) in [5.41, 5.74) is 2.12. The molecule has 4 N–H and O–H groups in total. The van der Waals surface area contributed by atoms with Gasteiger partial charge in [-0.25, -0.2) is 9.78 Å². The van der Waals surface area contributed by atoms with Crippen LogP contribution in [-0.2, 0) is 27.3 Å². The molecule has 0 spiro atoms. The number of likely N-dealkylation sites (N-methyl/N-ethyl adjacent to an activating group) is 1. The van der Waals surface area contributed by atoms with Gasteiger partial charge in [0.1, 0.15) is 11.6 Å². The van der Waals surface area contributed by atoms with E-state index in [9.17, 15) is 14.4 Å². The predicted octanol–water partition coefficient (Wildman–Crippen LogP) is 3.43. The maximum absolute atomic E-state index is 10.3. The Hall–Kier alpha value is -3.96. The average molecular weight is 558 g/mol. The molecule has 0 atom stereocenters. The van der Waals surface area contributed by atoms with Crippen molar-refractivity contribution in [3.05, 3.63) is 59.4 Å². The van der Waals surface area contributed by atoms with Crippen molar-refractivity contribution in [1.29, 1.82) is 0 Å². The molecule has 1 aromatic heterocycles. The lowest BCUT2D eigenvalue weighted by atomic mass is 9.96. The molecule has 0 amide bonds. The van der Waals surface area contributed by atoms with Crippen LogP contribution in [0.3, 0.4) is 0 Å².